The zero-order chi connectivity index (χ0) is 22.9. The summed E-state index contributed by atoms with van der Waals surface area (Å²) < 4.78 is 7.15. The number of nitrogens with two attached hydrogens (primary N) is 1. The van der Waals surface area contributed by atoms with Gasteiger partial charge in [-0.3, -0.25) is 9.97 Å². The molecule has 10 nitrogen and oxygen atoms in total. The van der Waals surface area contributed by atoms with Crippen LogP contribution in [-0.4, -0.2) is 48.5 Å². The van der Waals surface area contributed by atoms with E-state index in [0.29, 0.717) is 11.2 Å². The molecular formula is C22H14BN7O3. The first-order valence-electron chi connectivity index (χ1n) is 9.68. The van der Waals surface area contributed by atoms with Crippen molar-refractivity contribution in [1.29, 1.82) is 0 Å². The van der Waals surface area contributed by atoms with Crippen LogP contribution in [0.4, 0.5) is 5.82 Å². The van der Waals surface area contributed by atoms with Crippen LogP contribution in [0.15, 0.2) is 67.4 Å². The maximum atomic E-state index is 11.0. The van der Waals surface area contributed by atoms with E-state index in [1.165, 1.54) is 22.8 Å². The minimum Gasteiger partial charge on any atom is -0.477 e. The predicted octanol–water partition coefficient (Wildman–Crippen LogP) is 2.11. The van der Waals surface area contributed by atoms with E-state index in [9.17, 15) is 4.79 Å². The zero-order valence-electron chi connectivity index (χ0n) is 17.0. The van der Waals surface area contributed by atoms with Crippen LogP contribution in [-0.2, 0) is 0 Å². The highest BCUT2D eigenvalue weighted by Crippen LogP contribution is 2.28. The number of carbonyl (C=O) groups is 1. The van der Waals surface area contributed by atoms with Crippen molar-refractivity contribution in [1.82, 2.24) is 29.5 Å². The number of hydrogen-bond acceptors (Lipinski definition) is 8. The Bertz CT molecular complexity index is 1470. The molecule has 0 unspecified atom stereocenters. The average molecular weight is 435 g/mol. The van der Waals surface area contributed by atoms with E-state index in [-0.39, 0.29) is 28.6 Å². The molecule has 158 valence electrons. The molecule has 5 heterocycles. The normalized spacial score (nSPS) is 10.9. The molecule has 0 aliphatic carbocycles. The molecule has 33 heavy (non-hydrogen) atoms. The van der Waals surface area contributed by atoms with Gasteiger partial charge in [0.2, 0.25) is 5.88 Å². The maximum absolute atomic E-state index is 11.0. The van der Waals surface area contributed by atoms with E-state index in [0.717, 1.165) is 16.8 Å². The van der Waals surface area contributed by atoms with Crippen LogP contribution >= 0.6 is 0 Å². The lowest BCUT2D eigenvalue weighted by atomic mass is 9.98. The van der Waals surface area contributed by atoms with Gasteiger partial charge >= 0.3 is 5.97 Å². The molecule has 5 aromatic rings. The monoisotopic (exact) mass is 435 g/mol. The van der Waals surface area contributed by atoms with Crippen molar-refractivity contribution in [2.45, 2.75) is 0 Å². The summed E-state index contributed by atoms with van der Waals surface area (Å²) in [6.07, 6.45) is 8.04. The lowest BCUT2D eigenvalue weighted by Gasteiger charge is -2.12. The van der Waals surface area contributed by atoms with Crippen LogP contribution < -0.4 is 15.9 Å². The maximum Gasteiger partial charge on any atom is 0.354 e. The van der Waals surface area contributed by atoms with Crippen molar-refractivity contribution in [3.63, 3.8) is 0 Å². The molecule has 0 fully saturated rings. The van der Waals surface area contributed by atoms with Crippen LogP contribution in [0.3, 0.4) is 0 Å². The molecule has 0 aliphatic rings. The molecule has 11 heteroatoms. The highest BCUT2D eigenvalue weighted by atomic mass is 16.5. The minimum atomic E-state index is -1.14. The van der Waals surface area contributed by atoms with Gasteiger partial charge in [0, 0.05) is 40.7 Å². The number of nitrogen functional groups attached to an aromatic ring is 1. The second-order valence-electron chi connectivity index (χ2n) is 6.97. The van der Waals surface area contributed by atoms with Gasteiger partial charge in [0.05, 0.1) is 18.1 Å². The molecule has 3 N–H and O–H groups in total. The van der Waals surface area contributed by atoms with Crippen LogP contribution in [0.1, 0.15) is 10.5 Å². The number of ether oxygens (including phenoxy) is 1. The molecule has 0 bridgehead atoms. The standard InChI is InChI=1S/C22H14BN7O3/c23-18-19(24)30-20(29-21(18)33-14-4-6-17(22(31)32)27-10-14)15(11-28-30)12-3-5-16(26-9-12)13-2-1-7-25-8-13/h1-11H,24H2,(H,31,32). The first kappa shape index (κ1) is 20.1. The summed E-state index contributed by atoms with van der Waals surface area (Å²) in [5.41, 5.74) is 9.69. The third kappa shape index (κ3) is 3.72. The van der Waals surface area contributed by atoms with E-state index in [1.54, 1.807) is 24.8 Å². The Kier molecular flexibility index (Phi) is 4.90. The molecule has 0 saturated carbocycles. The fourth-order valence-electron chi connectivity index (χ4n) is 3.20. The Balaban J connectivity index is 1.52. The van der Waals surface area contributed by atoms with Gasteiger partial charge < -0.3 is 15.6 Å². The molecule has 0 saturated heterocycles. The number of aromatic carboxylic acids is 1. The van der Waals surface area contributed by atoms with E-state index < -0.39 is 5.97 Å². The third-order valence-corrected chi connectivity index (χ3v) is 4.89. The number of rotatable bonds is 5. The number of aromatic nitrogens is 6. The number of hydrogen-bond donors (Lipinski definition) is 2. The molecule has 0 aliphatic heterocycles. The second kappa shape index (κ2) is 8.04. The van der Waals surface area contributed by atoms with Gasteiger partial charge in [-0.25, -0.2) is 9.78 Å². The minimum absolute atomic E-state index is 0.0477. The van der Waals surface area contributed by atoms with Gasteiger partial charge in [0.15, 0.2) is 5.65 Å². The second-order valence-corrected chi connectivity index (χ2v) is 6.97. The van der Waals surface area contributed by atoms with E-state index in [2.05, 4.69) is 25.0 Å². The molecule has 0 atom stereocenters. The van der Waals surface area contributed by atoms with E-state index in [1.807, 2.05) is 24.3 Å². The number of nitrogens with zero attached hydrogens (tertiary/aromatic N) is 6. The lowest BCUT2D eigenvalue weighted by Crippen LogP contribution is -2.19. The van der Waals surface area contributed by atoms with Crippen molar-refractivity contribution >= 4 is 30.7 Å². The van der Waals surface area contributed by atoms with Crippen molar-refractivity contribution in [3.05, 3.63) is 73.1 Å². The summed E-state index contributed by atoms with van der Waals surface area (Å²) >= 11 is 0. The first-order chi connectivity index (χ1) is 16.0. The summed E-state index contributed by atoms with van der Waals surface area (Å²) in [5.74, 6) is -0.689. The SMILES string of the molecule is [B]c1c(Oc2ccc(C(=O)O)nc2)nc2c(-c3ccc(-c4cccnc4)nc3)cnn2c1N. The van der Waals surface area contributed by atoms with Crippen molar-refractivity contribution in [2.24, 2.45) is 0 Å². The number of anilines is 1. The lowest BCUT2D eigenvalue weighted by molar-refractivity contribution is 0.0690. The van der Waals surface area contributed by atoms with Crippen LogP contribution in [0.5, 0.6) is 11.6 Å². The third-order valence-electron chi connectivity index (χ3n) is 4.89. The Morgan fingerprint density at radius 2 is 1.91 bits per heavy atom. The summed E-state index contributed by atoms with van der Waals surface area (Å²) in [7, 11) is 6.10. The summed E-state index contributed by atoms with van der Waals surface area (Å²) in [5, 5.41) is 13.3. The molecule has 0 aromatic carbocycles. The first-order valence-corrected chi connectivity index (χ1v) is 9.68. The van der Waals surface area contributed by atoms with Crippen LogP contribution in [0.25, 0.3) is 28.0 Å². The highest BCUT2D eigenvalue weighted by molar-refractivity contribution is 6.37. The molecule has 5 aromatic heterocycles. The number of fused-ring (bicyclic) bond motifs is 1. The molecule has 2 radical (unpaired) electrons. The Hall–Kier alpha value is -4.80. The molecule has 0 amide bonds. The van der Waals surface area contributed by atoms with Gasteiger partial charge in [-0.05, 0) is 30.3 Å². The van der Waals surface area contributed by atoms with Gasteiger partial charge in [-0.1, -0.05) is 6.07 Å². The largest absolute Gasteiger partial charge is 0.477 e. The van der Waals surface area contributed by atoms with E-state index >= 15 is 0 Å². The smallest absolute Gasteiger partial charge is 0.354 e. The topological polar surface area (TPSA) is 141 Å². The Morgan fingerprint density at radius 3 is 2.58 bits per heavy atom. The predicted molar refractivity (Wildman–Crippen MR) is 121 cm³/mol. The van der Waals surface area contributed by atoms with Gasteiger partial charge in [-0.2, -0.15) is 14.6 Å². The zero-order valence-corrected chi connectivity index (χ0v) is 17.0. The number of carboxylic acids is 1. The van der Waals surface area contributed by atoms with Crippen molar-refractivity contribution < 1.29 is 14.6 Å². The van der Waals surface area contributed by atoms with Crippen molar-refractivity contribution in [3.8, 4) is 34.0 Å². The summed E-state index contributed by atoms with van der Waals surface area (Å²) in [4.78, 5) is 27.9. The fourth-order valence-corrected chi connectivity index (χ4v) is 3.20. The van der Waals surface area contributed by atoms with Gasteiger partial charge in [-0.15, -0.1) is 0 Å². The van der Waals surface area contributed by atoms with Gasteiger partial charge in [0.25, 0.3) is 0 Å². The van der Waals surface area contributed by atoms with Gasteiger partial charge in [0.1, 0.15) is 25.1 Å². The summed E-state index contributed by atoms with van der Waals surface area (Å²) in [6, 6.07) is 10.3. The van der Waals surface area contributed by atoms with Crippen molar-refractivity contribution in [2.75, 3.05) is 5.73 Å². The van der Waals surface area contributed by atoms with Crippen LogP contribution in [0, 0.1) is 0 Å². The summed E-state index contributed by atoms with van der Waals surface area (Å²) in [6.45, 7) is 0. The van der Waals surface area contributed by atoms with E-state index in [4.69, 9.17) is 23.4 Å². The Labute approximate surface area is 188 Å². The number of pyridine rings is 3. The average Bonchev–Trinajstić information content (AvgIpc) is 3.27. The fraction of sp³-hybridized carbons (Fsp3) is 0. The molecular weight excluding hydrogens is 421 g/mol. The highest BCUT2D eigenvalue weighted by Gasteiger charge is 2.17. The molecule has 5 rings (SSSR count). The Morgan fingerprint density at radius 1 is 1.03 bits per heavy atom. The quantitative estimate of drug-likeness (QED) is 0.397. The molecule has 0 spiro atoms. The van der Waals surface area contributed by atoms with Crippen LogP contribution in [0.2, 0.25) is 0 Å². The number of carboxylic acid groups (broad SMARTS) is 1.